The second-order valence-electron chi connectivity index (χ2n) is 5.75. The van der Waals surface area contributed by atoms with Gasteiger partial charge in [0.05, 0.1) is 23.5 Å². The van der Waals surface area contributed by atoms with E-state index in [1.807, 2.05) is 19.1 Å². The van der Waals surface area contributed by atoms with Crippen molar-refractivity contribution in [3.63, 3.8) is 0 Å². The smallest absolute Gasteiger partial charge is 0.288 e. The summed E-state index contributed by atoms with van der Waals surface area (Å²) in [5.41, 5.74) is 2.18. The Balaban J connectivity index is 2.03. The second-order valence-corrected chi connectivity index (χ2v) is 7.91. The van der Waals surface area contributed by atoms with Gasteiger partial charge in [-0.3, -0.25) is 14.5 Å². The Morgan fingerprint density at radius 2 is 2.04 bits per heavy atom. The van der Waals surface area contributed by atoms with Crippen LogP contribution in [0.2, 0.25) is 5.02 Å². The van der Waals surface area contributed by atoms with E-state index < -0.39 is 10.0 Å². The Bertz CT molecular complexity index is 943. The first kappa shape index (κ1) is 17.4. The lowest BCUT2D eigenvalue weighted by atomic mass is 10.1. The zero-order chi connectivity index (χ0) is 18.4. The van der Waals surface area contributed by atoms with Crippen LogP contribution in [0.5, 0.6) is 0 Å². The summed E-state index contributed by atoms with van der Waals surface area (Å²) < 4.78 is 24.9. The van der Waals surface area contributed by atoms with Gasteiger partial charge >= 0.3 is 6.03 Å². The van der Waals surface area contributed by atoms with Crippen LogP contribution in [0.4, 0.5) is 22.2 Å². The van der Waals surface area contributed by atoms with E-state index in [2.05, 4.69) is 14.7 Å². The number of halogens is 1. The summed E-state index contributed by atoms with van der Waals surface area (Å²) in [5, 5.41) is 0.474. The highest BCUT2D eigenvalue weighted by molar-refractivity contribution is 7.91. The highest BCUT2D eigenvalue weighted by Gasteiger charge is 2.32. The topological polar surface area (TPSA) is 95.5 Å². The minimum atomic E-state index is -3.51. The van der Waals surface area contributed by atoms with Gasteiger partial charge in [-0.05, 0) is 18.6 Å². The summed E-state index contributed by atoms with van der Waals surface area (Å²) in [6.45, 7) is 2.11. The number of hydrogen-bond donors (Lipinski definition) is 1. The molecule has 2 heterocycles. The van der Waals surface area contributed by atoms with Gasteiger partial charge in [-0.25, -0.2) is 18.2 Å². The van der Waals surface area contributed by atoms with E-state index in [4.69, 9.17) is 11.6 Å². The predicted octanol–water partition coefficient (Wildman–Crippen LogP) is 2.39. The van der Waals surface area contributed by atoms with Crippen LogP contribution in [0, 0.1) is 6.92 Å². The first-order valence-corrected chi connectivity index (χ1v) is 9.58. The molecule has 0 fully saturated rings. The number of benzene rings is 1. The zero-order valence-corrected chi connectivity index (χ0v) is 15.4. The van der Waals surface area contributed by atoms with Gasteiger partial charge < -0.3 is 0 Å². The Kier molecular flexibility index (Phi) is 4.29. The minimum absolute atomic E-state index is 0.0803. The lowest BCUT2D eigenvalue weighted by Crippen LogP contribution is -2.46. The Morgan fingerprint density at radius 1 is 1.32 bits per heavy atom. The van der Waals surface area contributed by atoms with Crippen molar-refractivity contribution in [1.82, 2.24) is 9.97 Å². The summed E-state index contributed by atoms with van der Waals surface area (Å²) in [5.74, 6) is 0.274. The third kappa shape index (κ3) is 3.38. The summed E-state index contributed by atoms with van der Waals surface area (Å²) >= 11 is 6.28. The zero-order valence-electron chi connectivity index (χ0n) is 13.8. The third-order valence-electron chi connectivity index (χ3n) is 3.74. The van der Waals surface area contributed by atoms with Gasteiger partial charge in [-0.1, -0.05) is 23.7 Å². The molecule has 0 spiro atoms. The molecule has 8 nitrogen and oxygen atoms in total. The minimum Gasteiger partial charge on any atom is -0.288 e. The number of carbonyl (C=O) groups is 1. The van der Waals surface area contributed by atoms with Crippen LogP contribution >= 0.6 is 11.6 Å². The summed E-state index contributed by atoms with van der Waals surface area (Å²) in [6.07, 6.45) is 2.50. The Morgan fingerprint density at radius 3 is 2.68 bits per heavy atom. The van der Waals surface area contributed by atoms with E-state index in [1.165, 1.54) is 11.1 Å². The summed E-state index contributed by atoms with van der Waals surface area (Å²) in [4.78, 5) is 23.8. The molecule has 2 amide bonds. The van der Waals surface area contributed by atoms with Gasteiger partial charge in [-0.15, -0.1) is 0 Å². The fraction of sp³-hybridized carbons (Fsp3) is 0.267. The first-order chi connectivity index (χ1) is 11.7. The van der Waals surface area contributed by atoms with Gasteiger partial charge in [0.2, 0.25) is 16.0 Å². The molecule has 0 unspecified atom stereocenters. The predicted molar refractivity (Wildman–Crippen MR) is 96.7 cm³/mol. The van der Waals surface area contributed by atoms with Crippen LogP contribution < -0.4 is 14.5 Å². The van der Waals surface area contributed by atoms with Crippen molar-refractivity contribution in [2.24, 2.45) is 0 Å². The van der Waals surface area contributed by atoms with E-state index in [0.717, 1.165) is 11.8 Å². The number of aryl methyl sites for hydroxylation is 1. The maximum atomic E-state index is 12.8. The molecule has 0 aliphatic carbocycles. The number of amides is 2. The number of para-hydroxylation sites is 1. The Hall–Kier alpha value is -2.39. The summed E-state index contributed by atoms with van der Waals surface area (Å²) in [7, 11) is -1.94. The maximum absolute atomic E-state index is 12.8. The normalized spacial score (nSPS) is 14.5. The number of fused-ring (bicyclic) bond motifs is 1. The number of aromatic nitrogens is 2. The summed E-state index contributed by atoms with van der Waals surface area (Å²) in [6, 6.07) is 5.11. The number of nitrogens with one attached hydrogen (secondary N) is 1. The van der Waals surface area contributed by atoms with Crippen LogP contribution in [0.3, 0.4) is 0 Å². The van der Waals surface area contributed by atoms with Crippen molar-refractivity contribution in [2.45, 2.75) is 13.5 Å². The third-order valence-corrected chi connectivity index (χ3v) is 4.60. The Labute approximate surface area is 150 Å². The molecule has 10 heteroatoms. The number of hydrogen-bond acceptors (Lipinski definition) is 5. The molecule has 0 radical (unpaired) electrons. The van der Waals surface area contributed by atoms with E-state index in [1.54, 1.807) is 18.0 Å². The fourth-order valence-corrected chi connectivity index (χ4v) is 3.42. The molecule has 0 bridgehead atoms. The SMILES string of the molecule is Cc1cccc(Cl)c1N1Cc2cnc(NS(C)(=O)=O)nc2N(C)C1=O. The molecule has 1 N–H and O–H groups in total. The largest absolute Gasteiger partial charge is 0.330 e. The van der Waals surface area contributed by atoms with Crippen LogP contribution in [-0.2, 0) is 16.6 Å². The molecule has 25 heavy (non-hydrogen) atoms. The van der Waals surface area contributed by atoms with Crippen LogP contribution in [0.25, 0.3) is 0 Å². The second kappa shape index (κ2) is 6.16. The number of nitrogens with zero attached hydrogens (tertiary/aromatic N) is 4. The van der Waals surface area contributed by atoms with Crippen molar-refractivity contribution in [2.75, 3.05) is 27.8 Å². The van der Waals surface area contributed by atoms with E-state index in [0.29, 0.717) is 22.1 Å². The highest BCUT2D eigenvalue weighted by atomic mass is 35.5. The van der Waals surface area contributed by atoms with Gasteiger partial charge in [0.25, 0.3) is 0 Å². The molecular formula is C15H16ClN5O3S. The van der Waals surface area contributed by atoms with Crippen LogP contribution in [0.1, 0.15) is 11.1 Å². The molecule has 132 valence electrons. The monoisotopic (exact) mass is 381 g/mol. The van der Waals surface area contributed by atoms with E-state index in [-0.39, 0.29) is 18.5 Å². The first-order valence-electron chi connectivity index (χ1n) is 7.31. The van der Waals surface area contributed by atoms with Gasteiger partial charge in [0.15, 0.2) is 0 Å². The van der Waals surface area contributed by atoms with Gasteiger partial charge in [0.1, 0.15) is 5.82 Å². The average Bonchev–Trinajstić information content (AvgIpc) is 2.51. The standard InChI is InChI=1S/C15H16ClN5O3S/c1-9-5-4-6-11(16)12(9)21-8-10-7-17-14(19-25(3,23)24)18-13(10)20(2)15(21)22/h4-7H,8H2,1-3H3,(H,17,18,19). The molecule has 0 atom stereocenters. The molecule has 1 aromatic heterocycles. The van der Waals surface area contributed by atoms with Crippen molar-refractivity contribution in [1.29, 1.82) is 0 Å². The van der Waals surface area contributed by atoms with Gasteiger partial charge in [-0.2, -0.15) is 4.98 Å². The lowest BCUT2D eigenvalue weighted by Gasteiger charge is -2.35. The maximum Gasteiger partial charge on any atom is 0.330 e. The van der Waals surface area contributed by atoms with Crippen LogP contribution in [-0.4, -0.2) is 37.7 Å². The molecule has 2 aromatic rings. The van der Waals surface area contributed by atoms with Crippen molar-refractivity contribution in [3.05, 3.63) is 40.5 Å². The van der Waals surface area contributed by atoms with E-state index in [9.17, 15) is 13.2 Å². The molecule has 1 aliphatic heterocycles. The molecular weight excluding hydrogens is 366 g/mol. The molecule has 1 aliphatic rings. The highest BCUT2D eigenvalue weighted by Crippen LogP contribution is 2.35. The molecule has 0 saturated carbocycles. The van der Waals surface area contributed by atoms with Crippen LogP contribution in [0.15, 0.2) is 24.4 Å². The lowest BCUT2D eigenvalue weighted by molar-refractivity contribution is 0.251. The number of sulfonamides is 1. The quantitative estimate of drug-likeness (QED) is 0.880. The number of anilines is 3. The van der Waals surface area contributed by atoms with Gasteiger partial charge in [0, 0.05) is 18.8 Å². The number of rotatable bonds is 3. The molecule has 0 saturated heterocycles. The number of carbonyl (C=O) groups excluding carboxylic acids is 1. The van der Waals surface area contributed by atoms with Crippen molar-refractivity contribution in [3.8, 4) is 0 Å². The van der Waals surface area contributed by atoms with Crippen molar-refractivity contribution >= 4 is 45.1 Å². The fourth-order valence-electron chi connectivity index (χ4n) is 2.66. The molecule has 1 aromatic carbocycles. The molecule has 3 rings (SSSR count). The number of urea groups is 1. The van der Waals surface area contributed by atoms with E-state index >= 15 is 0 Å². The average molecular weight is 382 g/mol. The van der Waals surface area contributed by atoms with Crippen molar-refractivity contribution < 1.29 is 13.2 Å².